The topological polar surface area (TPSA) is 166 Å². The number of phenols is 3. The number of ether oxygens (including phenoxy) is 2. The van der Waals surface area contributed by atoms with Crippen molar-refractivity contribution < 1.29 is 65.5 Å². The molecule has 0 spiro atoms. The third kappa shape index (κ3) is 12.9. The molecule has 9 unspecified atom stereocenters. The van der Waals surface area contributed by atoms with Crippen LogP contribution in [0, 0.1) is 69.5 Å². The molecule has 15 atom stereocenters. The SMILES string of the molecule is C[C@]12CCC3c4ccc(O)cc4CCC3C1[C@H](CCC(=O)NC1CC1)CC2(F)F.C[C@]12CCC3c4ccc(O)cc4CCC3C1[C@H](CCC(=O)NC1CCCCC1)CC2(F)F.C[C@]12CCC3c4ccc(O)cc4CCC3C1[C@H](CCC(=O)NCc1ccc3c(c1)OCO3)CC2(F)F. The Morgan fingerprint density at radius 1 is 0.454 bits per heavy atom. The van der Waals surface area contributed by atoms with Crippen molar-refractivity contribution in [2.24, 2.45) is 69.5 Å². The number of carbonyl (C=O) groups is 3. The number of nitrogens with one attached hydrogen (secondary N) is 3. The first-order valence-electron chi connectivity index (χ1n) is 37.1. The van der Waals surface area contributed by atoms with Gasteiger partial charge in [0.1, 0.15) is 17.2 Å². The molecule has 11 aliphatic carbocycles. The van der Waals surface area contributed by atoms with E-state index >= 15 is 26.3 Å². The van der Waals surface area contributed by atoms with E-state index in [9.17, 15) is 29.7 Å². The van der Waals surface area contributed by atoms with Crippen molar-refractivity contribution in [3.63, 3.8) is 0 Å². The summed E-state index contributed by atoms with van der Waals surface area (Å²) in [5.41, 5.74) is 5.22. The number of benzene rings is 4. The second-order valence-corrected chi connectivity index (χ2v) is 32.9. The summed E-state index contributed by atoms with van der Waals surface area (Å²) in [6, 6.07) is 22.9. The van der Waals surface area contributed by atoms with Crippen LogP contribution in [-0.4, -0.2) is 69.7 Å². The zero-order chi connectivity index (χ0) is 68.0. The van der Waals surface area contributed by atoms with E-state index in [4.69, 9.17) is 9.47 Å². The third-order valence-corrected chi connectivity index (χ3v) is 27.5. The Labute approximate surface area is 568 Å². The van der Waals surface area contributed by atoms with E-state index in [-0.39, 0.29) is 133 Å². The van der Waals surface area contributed by atoms with E-state index in [0.29, 0.717) is 87.3 Å². The summed E-state index contributed by atoms with van der Waals surface area (Å²) < 4.78 is 103. The van der Waals surface area contributed by atoms with Gasteiger partial charge in [0, 0.05) is 73.4 Å². The predicted molar refractivity (Wildman–Crippen MR) is 358 cm³/mol. The van der Waals surface area contributed by atoms with E-state index in [1.807, 2.05) is 68.4 Å². The van der Waals surface area contributed by atoms with Crippen LogP contribution in [0.1, 0.15) is 238 Å². The molecule has 1 aliphatic heterocycles. The van der Waals surface area contributed by atoms with Crippen LogP contribution in [0.4, 0.5) is 26.3 Å². The Morgan fingerprint density at radius 2 is 0.835 bits per heavy atom. The van der Waals surface area contributed by atoms with Gasteiger partial charge in [0.15, 0.2) is 11.5 Å². The third-order valence-electron chi connectivity index (χ3n) is 27.5. The second kappa shape index (κ2) is 26.4. The molecule has 97 heavy (non-hydrogen) atoms. The normalized spacial score (nSPS) is 34.7. The van der Waals surface area contributed by atoms with Crippen LogP contribution in [0.2, 0.25) is 0 Å². The van der Waals surface area contributed by atoms with Crippen molar-refractivity contribution in [1.29, 1.82) is 0 Å². The van der Waals surface area contributed by atoms with Gasteiger partial charge >= 0.3 is 0 Å². The van der Waals surface area contributed by atoms with E-state index in [1.165, 1.54) is 47.1 Å². The fourth-order valence-corrected chi connectivity index (χ4v) is 22.6. The quantitative estimate of drug-likeness (QED) is 0.0720. The lowest BCUT2D eigenvalue weighted by atomic mass is 9.53. The van der Waals surface area contributed by atoms with Gasteiger partial charge in [-0.25, -0.2) is 26.3 Å². The van der Waals surface area contributed by atoms with Crippen molar-refractivity contribution in [2.45, 2.75) is 255 Å². The summed E-state index contributed by atoms with van der Waals surface area (Å²) >= 11 is 0. The Balaban J connectivity index is 0.000000125. The van der Waals surface area contributed by atoms with Crippen molar-refractivity contribution in [1.82, 2.24) is 16.0 Å². The van der Waals surface area contributed by atoms with Crippen LogP contribution in [0.25, 0.3) is 0 Å². The van der Waals surface area contributed by atoms with Gasteiger partial charge in [-0.2, -0.15) is 0 Å². The monoisotopic (exact) mass is 1350 g/mol. The summed E-state index contributed by atoms with van der Waals surface area (Å²) in [7, 11) is 0. The number of carbonyl (C=O) groups excluding carboxylic acids is 3. The molecular formula is C80H101F6N3O8. The van der Waals surface area contributed by atoms with Crippen molar-refractivity contribution in [2.75, 3.05) is 6.79 Å². The van der Waals surface area contributed by atoms with Crippen LogP contribution >= 0.6 is 0 Å². The Bertz CT molecular complexity index is 3590. The average Bonchev–Trinajstić information content (AvgIpc) is 1.63. The first kappa shape index (κ1) is 68.0. The number of hydrogen-bond acceptors (Lipinski definition) is 8. The summed E-state index contributed by atoms with van der Waals surface area (Å²) in [6.07, 6.45) is 19.2. The van der Waals surface area contributed by atoms with Crippen LogP contribution in [0.3, 0.4) is 0 Å². The smallest absolute Gasteiger partial charge is 0.253 e. The van der Waals surface area contributed by atoms with Gasteiger partial charge in [-0.1, -0.05) is 64.3 Å². The van der Waals surface area contributed by atoms with Crippen molar-refractivity contribution in [3.05, 3.63) is 112 Å². The highest BCUT2D eigenvalue weighted by molar-refractivity contribution is 5.77. The minimum atomic E-state index is -2.72. The molecule has 4 aromatic carbocycles. The highest BCUT2D eigenvalue weighted by Gasteiger charge is 2.70. The Hall–Kier alpha value is -6.13. The minimum Gasteiger partial charge on any atom is -0.508 e. The lowest BCUT2D eigenvalue weighted by Crippen LogP contribution is -2.47. The van der Waals surface area contributed by atoms with Crippen LogP contribution < -0.4 is 25.4 Å². The van der Waals surface area contributed by atoms with Crippen LogP contribution in [0.5, 0.6) is 28.7 Å². The first-order valence-corrected chi connectivity index (χ1v) is 37.1. The fraction of sp³-hybridized carbons (Fsp3) is 0.662. The first-order chi connectivity index (χ1) is 46.3. The Kier molecular flexibility index (Phi) is 18.5. The van der Waals surface area contributed by atoms with Gasteiger partial charge in [0.05, 0.1) is 0 Å². The number of rotatable bonds is 13. The molecular weight excluding hydrogens is 1240 g/mol. The predicted octanol–water partition coefficient (Wildman–Crippen LogP) is 17.4. The average molecular weight is 1350 g/mol. The molecule has 0 aromatic heterocycles. The second-order valence-electron chi connectivity index (χ2n) is 32.9. The summed E-state index contributed by atoms with van der Waals surface area (Å²) in [5, 5.41) is 38.8. The zero-order valence-electron chi connectivity index (χ0n) is 56.9. The van der Waals surface area contributed by atoms with E-state index in [1.54, 1.807) is 25.1 Å². The van der Waals surface area contributed by atoms with Gasteiger partial charge in [0.25, 0.3) is 17.8 Å². The molecule has 0 radical (unpaired) electrons. The van der Waals surface area contributed by atoms with Crippen molar-refractivity contribution >= 4 is 17.7 Å². The number of alkyl halides is 6. The number of halogens is 6. The highest BCUT2D eigenvalue weighted by atomic mass is 19.3. The lowest BCUT2D eigenvalue weighted by molar-refractivity contribution is -0.133. The number of amides is 3. The maximum atomic E-state index is 15.5. The molecule has 6 N–H and O–H groups in total. The largest absolute Gasteiger partial charge is 0.508 e. The van der Waals surface area contributed by atoms with Gasteiger partial charge < -0.3 is 40.7 Å². The zero-order valence-corrected chi connectivity index (χ0v) is 56.9. The number of aromatic hydroxyl groups is 3. The van der Waals surface area contributed by atoms with Crippen LogP contribution in [-0.2, 0) is 40.2 Å². The fourth-order valence-electron chi connectivity index (χ4n) is 22.6. The van der Waals surface area contributed by atoms with Gasteiger partial charge in [0.2, 0.25) is 24.5 Å². The molecule has 0 saturated heterocycles. The highest BCUT2D eigenvalue weighted by Crippen LogP contribution is 2.72. The molecule has 1 heterocycles. The lowest BCUT2D eigenvalue weighted by Gasteiger charge is -2.51. The summed E-state index contributed by atoms with van der Waals surface area (Å²) in [6.45, 7) is 5.99. The molecule has 4 aromatic rings. The summed E-state index contributed by atoms with van der Waals surface area (Å²) in [5.74, 6) is -4.87. The molecule has 11 nitrogen and oxygen atoms in total. The molecule has 17 heteroatoms. The minimum absolute atomic E-state index is 0.0289. The number of phenolic OH excluding ortho intramolecular Hbond substituents is 3. The molecule has 0 bridgehead atoms. The van der Waals surface area contributed by atoms with Gasteiger partial charge in [-0.15, -0.1) is 0 Å². The van der Waals surface area contributed by atoms with Gasteiger partial charge in [-0.3, -0.25) is 14.4 Å². The van der Waals surface area contributed by atoms with Gasteiger partial charge in [-0.05, 0) is 280 Å². The molecule has 8 fully saturated rings. The molecule has 12 aliphatic rings. The van der Waals surface area contributed by atoms with Crippen molar-refractivity contribution in [3.8, 4) is 28.7 Å². The van der Waals surface area contributed by atoms with E-state index in [2.05, 4.69) is 16.0 Å². The number of aryl methyl sites for hydroxylation is 3. The van der Waals surface area contributed by atoms with E-state index in [0.717, 1.165) is 94.6 Å². The van der Waals surface area contributed by atoms with E-state index < -0.39 is 34.0 Å². The number of fused-ring (bicyclic) bond motifs is 16. The Morgan fingerprint density at radius 3 is 1.24 bits per heavy atom. The van der Waals surface area contributed by atoms with Crippen LogP contribution in [0.15, 0.2) is 72.8 Å². The maximum Gasteiger partial charge on any atom is 0.253 e. The molecule has 8 saturated carbocycles. The molecule has 526 valence electrons. The summed E-state index contributed by atoms with van der Waals surface area (Å²) in [4.78, 5) is 37.5. The molecule has 16 rings (SSSR count). The number of hydrogen-bond donors (Lipinski definition) is 6. The standard InChI is InChI=1S/C29H33F2NO4.C27H37F2NO2.C24H31F2NO2/c1-28-11-10-22-21-7-5-20(33)13-18(21)3-6-23(22)27(28)19(14-29(28,30)31)4-9-26(34)32-15-17-2-8-24-25(12-17)36-16-35-24;1-26-14-13-22-21-11-9-20(31)15-17(21)7-10-23(22)25(26)18(16-27(26,28)29)8-12-24(32)30-19-5-3-2-4-6-19;1-23-11-10-19-18-8-6-17(28)12-14(18)2-7-20(19)22(23)15(13-24(23,25)26)3-9-21(29)27-16-4-5-16/h2,5,7-8,12-13,19,22-23,27,33H,3-4,6,9-11,14-16H2,1H3,(H,32,34);9,11,15,18-19,22-23,25,31H,2-8,10,12-14,16H2,1H3,(H,30,32);6,8,12,15-16,19-20,22,28H,2-5,7,9-11,13H2,1H3,(H,27,29)/t19-,22?,23?,27?,28+;18-,22?,23?,25?,26+;15-,19?,20?,22?,23+/m111/s1. The molecule has 3 amide bonds. The maximum absolute atomic E-state index is 15.5.